The van der Waals surface area contributed by atoms with Gasteiger partial charge in [0.25, 0.3) is 0 Å². The van der Waals surface area contributed by atoms with Gasteiger partial charge in [-0.05, 0) is 26.0 Å². The first-order chi connectivity index (χ1) is 7.76. The average molecular weight is 219 g/mol. The monoisotopic (exact) mass is 219 g/mol. The van der Waals surface area contributed by atoms with Crippen LogP contribution in [-0.4, -0.2) is 19.4 Å². The van der Waals surface area contributed by atoms with Gasteiger partial charge in [0.1, 0.15) is 5.75 Å². The summed E-state index contributed by atoms with van der Waals surface area (Å²) in [6, 6.07) is 5.55. The van der Waals surface area contributed by atoms with E-state index in [1.54, 1.807) is 6.07 Å². The molecular formula is C13H17NO2. The normalized spacial score (nSPS) is 9.62. The Balaban J connectivity index is 3.09. The summed E-state index contributed by atoms with van der Waals surface area (Å²) in [5.74, 6) is 0.550. The van der Waals surface area contributed by atoms with Crippen molar-refractivity contribution in [1.29, 1.82) is 0 Å². The third-order valence-electron chi connectivity index (χ3n) is 2.46. The van der Waals surface area contributed by atoms with Crippen LogP contribution in [0.25, 0.3) is 0 Å². The van der Waals surface area contributed by atoms with Gasteiger partial charge in [-0.1, -0.05) is 6.58 Å². The molecule has 0 radical (unpaired) electrons. The van der Waals surface area contributed by atoms with Gasteiger partial charge in [0.2, 0.25) is 0 Å². The highest BCUT2D eigenvalue weighted by Crippen LogP contribution is 2.24. The Kier molecular flexibility index (Phi) is 4.58. The first-order valence-corrected chi connectivity index (χ1v) is 5.38. The van der Waals surface area contributed by atoms with E-state index in [9.17, 15) is 4.79 Å². The summed E-state index contributed by atoms with van der Waals surface area (Å²) in [7, 11) is 0. The molecule has 1 aromatic carbocycles. The summed E-state index contributed by atoms with van der Waals surface area (Å²) < 4.78 is 5.21. The minimum Gasteiger partial charge on any atom is -0.465 e. The van der Waals surface area contributed by atoms with Gasteiger partial charge in [-0.25, -0.2) is 0 Å². The van der Waals surface area contributed by atoms with Crippen LogP contribution in [0.1, 0.15) is 24.2 Å². The Bertz CT molecular complexity index is 370. The molecule has 0 bridgehead atoms. The van der Waals surface area contributed by atoms with Gasteiger partial charge in [-0.2, -0.15) is 0 Å². The van der Waals surface area contributed by atoms with Gasteiger partial charge in [-0.3, -0.25) is 4.79 Å². The summed E-state index contributed by atoms with van der Waals surface area (Å²) in [4.78, 5) is 13.0. The van der Waals surface area contributed by atoms with Gasteiger partial charge in [0.05, 0.1) is 11.8 Å². The van der Waals surface area contributed by atoms with Crippen molar-refractivity contribution in [1.82, 2.24) is 0 Å². The molecule has 1 aromatic rings. The molecule has 0 fully saturated rings. The van der Waals surface area contributed by atoms with E-state index >= 15 is 0 Å². The summed E-state index contributed by atoms with van der Waals surface area (Å²) in [5, 5.41) is 0. The molecule has 0 heterocycles. The number of rotatable bonds is 6. The molecule has 0 aliphatic heterocycles. The Hall–Kier alpha value is -1.77. The van der Waals surface area contributed by atoms with E-state index in [-0.39, 0.29) is 0 Å². The van der Waals surface area contributed by atoms with E-state index in [4.69, 9.17) is 4.74 Å². The van der Waals surface area contributed by atoms with Crippen LogP contribution in [0.5, 0.6) is 5.75 Å². The van der Waals surface area contributed by atoms with Crippen molar-refractivity contribution >= 4 is 12.0 Å². The molecule has 0 aliphatic rings. The first-order valence-electron chi connectivity index (χ1n) is 5.38. The van der Waals surface area contributed by atoms with Crippen molar-refractivity contribution in [3.05, 3.63) is 36.6 Å². The highest BCUT2D eigenvalue weighted by Gasteiger charge is 2.07. The molecule has 0 aliphatic carbocycles. The minimum atomic E-state index is 0.538. The fourth-order valence-electron chi connectivity index (χ4n) is 1.60. The summed E-state index contributed by atoms with van der Waals surface area (Å²) in [5.41, 5.74) is 1.59. The van der Waals surface area contributed by atoms with E-state index in [1.165, 1.54) is 6.26 Å². The molecule has 0 saturated heterocycles. The third-order valence-corrected chi connectivity index (χ3v) is 2.46. The molecule has 0 atom stereocenters. The zero-order chi connectivity index (χ0) is 12.0. The average Bonchev–Trinajstić information content (AvgIpc) is 2.31. The Morgan fingerprint density at radius 2 is 2.06 bits per heavy atom. The van der Waals surface area contributed by atoms with Crippen molar-refractivity contribution in [2.24, 2.45) is 0 Å². The summed E-state index contributed by atoms with van der Waals surface area (Å²) in [6.45, 7) is 9.51. The molecule has 0 saturated carbocycles. The largest absolute Gasteiger partial charge is 0.465 e. The second kappa shape index (κ2) is 5.95. The molecule has 0 amide bonds. The van der Waals surface area contributed by atoms with E-state index < -0.39 is 0 Å². The number of ether oxygens (including phenoxy) is 1. The Morgan fingerprint density at radius 3 is 2.56 bits per heavy atom. The Labute approximate surface area is 96.3 Å². The summed E-state index contributed by atoms with van der Waals surface area (Å²) >= 11 is 0. The first kappa shape index (κ1) is 12.3. The van der Waals surface area contributed by atoms with Crippen LogP contribution in [0.15, 0.2) is 31.0 Å². The topological polar surface area (TPSA) is 29.5 Å². The lowest BCUT2D eigenvalue weighted by Gasteiger charge is -2.21. The second-order valence-electron chi connectivity index (χ2n) is 3.30. The maximum absolute atomic E-state index is 10.8. The number of hydrogen-bond donors (Lipinski definition) is 0. The van der Waals surface area contributed by atoms with Crippen molar-refractivity contribution < 1.29 is 9.53 Å². The predicted octanol–water partition coefficient (Wildman–Crippen LogP) is 2.87. The van der Waals surface area contributed by atoms with Crippen LogP contribution in [0, 0.1) is 0 Å². The maximum Gasteiger partial charge on any atom is 0.153 e. The predicted molar refractivity (Wildman–Crippen MR) is 66.2 cm³/mol. The van der Waals surface area contributed by atoms with Gasteiger partial charge in [-0.15, -0.1) is 0 Å². The fraction of sp³-hybridized carbons (Fsp3) is 0.308. The standard InChI is InChI=1S/C13H17NO2/c1-4-14(5-2)12-8-7-11(10-15)13(9-12)16-6-3/h6-10H,3-5H2,1-2H3. The van der Waals surface area contributed by atoms with Gasteiger partial charge in [0.15, 0.2) is 6.29 Å². The molecule has 3 heteroatoms. The molecular weight excluding hydrogens is 202 g/mol. The van der Waals surface area contributed by atoms with Crippen molar-refractivity contribution in [2.75, 3.05) is 18.0 Å². The van der Waals surface area contributed by atoms with Crippen LogP contribution in [0.4, 0.5) is 5.69 Å². The second-order valence-corrected chi connectivity index (χ2v) is 3.30. The highest BCUT2D eigenvalue weighted by atomic mass is 16.5. The molecule has 3 nitrogen and oxygen atoms in total. The van der Waals surface area contributed by atoms with Crippen molar-refractivity contribution in [2.45, 2.75) is 13.8 Å². The highest BCUT2D eigenvalue weighted by molar-refractivity contribution is 5.80. The van der Waals surface area contributed by atoms with Crippen molar-refractivity contribution in [3.63, 3.8) is 0 Å². The molecule has 16 heavy (non-hydrogen) atoms. The van der Waals surface area contributed by atoms with Gasteiger partial charge < -0.3 is 9.64 Å². The lowest BCUT2D eigenvalue weighted by molar-refractivity contribution is 0.112. The fourth-order valence-corrected chi connectivity index (χ4v) is 1.60. The number of carbonyl (C=O) groups is 1. The van der Waals surface area contributed by atoms with Crippen LogP contribution < -0.4 is 9.64 Å². The van der Waals surface area contributed by atoms with Crippen LogP contribution in [0.3, 0.4) is 0 Å². The van der Waals surface area contributed by atoms with Crippen LogP contribution in [0.2, 0.25) is 0 Å². The van der Waals surface area contributed by atoms with E-state index in [0.717, 1.165) is 25.1 Å². The molecule has 0 unspecified atom stereocenters. The van der Waals surface area contributed by atoms with Crippen molar-refractivity contribution in [3.8, 4) is 5.75 Å². The smallest absolute Gasteiger partial charge is 0.153 e. The molecule has 86 valence electrons. The Morgan fingerprint density at radius 1 is 1.38 bits per heavy atom. The third kappa shape index (κ3) is 2.63. The van der Waals surface area contributed by atoms with Gasteiger partial charge >= 0.3 is 0 Å². The quantitative estimate of drug-likeness (QED) is 0.544. The SMILES string of the molecule is C=COc1cc(N(CC)CC)ccc1C=O. The number of hydrogen-bond acceptors (Lipinski definition) is 3. The number of carbonyl (C=O) groups excluding carboxylic acids is 1. The number of nitrogens with zero attached hydrogens (tertiary/aromatic N) is 1. The van der Waals surface area contributed by atoms with Crippen LogP contribution in [-0.2, 0) is 0 Å². The molecule has 0 spiro atoms. The van der Waals surface area contributed by atoms with Crippen LogP contribution >= 0.6 is 0 Å². The van der Waals surface area contributed by atoms with Gasteiger partial charge in [0, 0.05) is 24.8 Å². The lowest BCUT2D eigenvalue weighted by Crippen LogP contribution is -2.21. The lowest BCUT2D eigenvalue weighted by atomic mass is 10.2. The maximum atomic E-state index is 10.8. The zero-order valence-corrected chi connectivity index (χ0v) is 9.77. The number of aldehydes is 1. The number of benzene rings is 1. The van der Waals surface area contributed by atoms with E-state index in [2.05, 4.69) is 25.3 Å². The zero-order valence-electron chi connectivity index (χ0n) is 9.77. The molecule has 1 rings (SSSR count). The minimum absolute atomic E-state index is 0.538. The number of anilines is 1. The summed E-state index contributed by atoms with van der Waals surface area (Å²) in [6.07, 6.45) is 2.11. The van der Waals surface area contributed by atoms with E-state index in [1.807, 2.05) is 12.1 Å². The molecule has 0 aromatic heterocycles. The van der Waals surface area contributed by atoms with E-state index in [0.29, 0.717) is 11.3 Å². The molecule has 0 N–H and O–H groups in total.